The minimum Gasteiger partial charge on any atom is -0.345 e. The molecule has 2 amide bonds. The van der Waals surface area contributed by atoms with Crippen molar-refractivity contribution in [1.82, 2.24) is 19.8 Å². The van der Waals surface area contributed by atoms with Gasteiger partial charge >= 0.3 is 0 Å². The normalized spacial score (nSPS) is 17.1. The topological polar surface area (TPSA) is 91.0 Å². The first-order valence-corrected chi connectivity index (χ1v) is 11.4. The highest BCUT2D eigenvalue weighted by Gasteiger charge is 2.49. The van der Waals surface area contributed by atoms with E-state index in [1.165, 1.54) is 6.20 Å². The Balaban J connectivity index is 1.41. The molecule has 1 aliphatic heterocycles. The van der Waals surface area contributed by atoms with Crippen LogP contribution in [0.4, 0.5) is 0 Å². The fraction of sp³-hybridized carbons (Fsp3) is 0.455. The molecule has 0 radical (unpaired) electrons. The van der Waals surface area contributed by atoms with Crippen molar-refractivity contribution in [1.29, 1.82) is 5.26 Å². The third kappa shape index (κ3) is 4.73. The zero-order valence-corrected chi connectivity index (χ0v) is 19.1. The molecular formula is C22H24ClN5O2S. The number of nitriles is 1. The van der Waals surface area contributed by atoms with E-state index < -0.39 is 4.75 Å². The summed E-state index contributed by atoms with van der Waals surface area (Å²) in [4.78, 5) is 31.8. The monoisotopic (exact) mass is 457 g/mol. The molecule has 1 N–H and O–H groups in total. The van der Waals surface area contributed by atoms with Crippen LogP contribution in [-0.2, 0) is 13.1 Å². The van der Waals surface area contributed by atoms with Crippen molar-refractivity contribution >= 4 is 35.2 Å². The van der Waals surface area contributed by atoms with E-state index in [4.69, 9.17) is 11.6 Å². The Labute approximate surface area is 190 Å². The number of aromatic nitrogens is 2. The molecule has 0 unspecified atom stereocenters. The molecule has 162 valence electrons. The highest BCUT2D eigenvalue weighted by molar-refractivity contribution is 8.02. The van der Waals surface area contributed by atoms with Gasteiger partial charge in [0.2, 0.25) is 0 Å². The summed E-state index contributed by atoms with van der Waals surface area (Å²) in [7, 11) is 0. The summed E-state index contributed by atoms with van der Waals surface area (Å²) in [5, 5.41) is 12.8. The van der Waals surface area contributed by atoms with Gasteiger partial charge in [-0.2, -0.15) is 5.26 Å². The number of fused-ring (bicyclic) bond motifs is 1. The van der Waals surface area contributed by atoms with Crippen molar-refractivity contribution in [2.75, 3.05) is 13.1 Å². The van der Waals surface area contributed by atoms with E-state index in [-0.39, 0.29) is 22.4 Å². The van der Waals surface area contributed by atoms with Crippen molar-refractivity contribution in [2.45, 2.75) is 49.3 Å². The van der Waals surface area contributed by atoms with Gasteiger partial charge in [0.1, 0.15) is 5.69 Å². The number of thioether (sulfide) groups is 1. The van der Waals surface area contributed by atoms with Crippen LogP contribution in [-0.4, -0.2) is 48.8 Å². The molecule has 7 nitrogen and oxygen atoms in total. The number of hydrogen-bond acceptors (Lipinski definition) is 5. The number of carbonyl (C=O) groups is 2. The molecule has 2 aliphatic rings. The van der Waals surface area contributed by atoms with Gasteiger partial charge in [0, 0.05) is 35.9 Å². The molecule has 2 heterocycles. The van der Waals surface area contributed by atoms with Crippen LogP contribution >= 0.6 is 23.4 Å². The first-order chi connectivity index (χ1) is 14.7. The number of nitrogens with zero attached hydrogens (tertiary/aromatic N) is 4. The van der Waals surface area contributed by atoms with Gasteiger partial charge in [-0.1, -0.05) is 23.7 Å². The molecule has 0 bridgehead atoms. The third-order valence-corrected chi connectivity index (χ3v) is 7.38. The van der Waals surface area contributed by atoms with Crippen LogP contribution in [0.2, 0.25) is 5.02 Å². The second-order valence-electron chi connectivity index (χ2n) is 8.56. The Bertz CT molecular complexity index is 1050. The minimum atomic E-state index is -0.480. The van der Waals surface area contributed by atoms with Gasteiger partial charge in [0.25, 0.3) is 11.8 Å². The molecule has 9 heteroatoms. The first-order valence-electron chi connectivity index (χ1n) is 10.2. The quantitative estimate of drug-likeness (QED) is 0.687. The lowest BCUT2D eigenvalue weighted by molar-refractivity contribution is 0.0699. The molecule has 0 atom stereocenters. The largest absolute Gasteiger partial charge is 0.345 e. The molecule has 1 saturated carbocycles. The Morgan fingerprint density at radius 2 is 2.03 bits per heavy atom. The van der Waals surface area contributed by atoms with E-state index in [1.54, 1.807) is 28.5 Å². The van der Waals surface area contributed by atoms with Crippen LogP contribution in [0.1, 0.15) is 53.4 Å². The molecule has 1 aromatic heterocycles. The molecule has 1 aromatic carbocycles. The summed E-state index contributed by atoms with van der Waals surface area (Å²) >= 11 is 7.55. The van der Waals surface area contributed by atoms with E-state index in [2.05, 4.69) is 16.4 Å². The average molecular weight is 458 g/mol. The van der Waals surface area contributed by atoms with Gasteiger partial charge < -0.3 is 14.8 Å². The molecule has 31 heavy (non-hydrogen) atoms. The van der Waals surface area contributed by atoms with E-state index in [1.807, 2.05) is 30.9 Å². The van der Waals surface area contributed by atoms with Gasteiger partial charge in [0.05, 0.1) is 17.0 Å². The van der Waals surface area contributed by atoms with E-state index in [0.29, 0.717) is 36.9 Å². The average Bonchev–Trinajstić information content (AvgIpc) is 3.33. The summed E-state index contributed by atoms with van der Waals surface area (Å²) in [6, 6.07) is 9.59. The van der Waals surface area contributed by atoms with Gasteiger partial charge in [-0.05, 0) is 44.4 Å². The number of carbonyl (C=O) groups excluding carboxylic acids is 2. The van der Waals surface area contributed by atoms with Gasteiger partial charge in [-0.3, -0.25) is 9.59 Å². The van der Waals surface area contributed by atoms with Crippen LogP contribution in [0.25, 0.3) is 0 Å². The predicted molar refractivity (Wildman–Crippen MR) is 120 cm³/mol. The molecular weight excluding hydrogens is 434 g/mol. The third-order valence-electron chi connectivity index (χ3n) is 5.55. The number of nitrogens with one attached hydrogen (secondary N) is 1. The molecule has 1 aliphatic carbocycles. The van der Waals surface area contributed by atoms with Crippen LogP contribution in [0.3, 0.4) is 0 Å². The number of amides is 2. The first kappa shape index (κ1) is 21.7. The molecule has 0 spiro atoms. The second kappa shape index (κ2) is 8.21. The Morgan fingerprint density at radius 3 is 2.68 bits per heavy atom. The summed E-state index contributed by atoms with van der Waals surface area (Å²) in [6.45, 7) is 5.85. The zero-order chi connectivity index (χ0) is 22.2. The SMILES string of the molecule is CC(C)(C#N)SC1(CN2CCn3c(cnc3C(=O)NCc3ccc(Cl)cc3)C2=O)CC1. The number of benzene rings is 1. The summed E-state index contributed by atoms with van der Waals surface area (Å²) in [5.74, 6) is -0.178. The number of imidazole rings is 1. The fourth-order valence-corrected chi connectivity index (χ4v) is 5.58. The van der Waals surface area contributed by atoms with Crippen LogP contribution < -0.4 is 5.32 Å². The highest BCUT2D eigenvalue weighted by atomic mass is 35.5. The maximum Gasteiger partial charge on any atom is 0.287 e. The number of rotatable bonds is 7. The summed E-state index contributed by atoms with van der Waals surface area (Å²) < 4.78 is 1.17. The highest BCUT2D eigenvalue weighted by Crippen LogP contribution is 2.53. The lowest BCUT2D eigenvalue weighted by atomic mass is 10.2. The van der Waals surface area contributed by atoms with Gasteiger partial charge in [-0.25, -0.2) is 4.98 Å². The lowest BCUT2D eigenvalue weighted by Crippen LogP contribution is -2.45. The molecule has 2 aromatic rings. The van der Waals surface area contributed by atoms with E-state index in [0.717, 1.165) is 18.4 Å². The van der Waals surface area contributed by atoms with Gasteiger partial charge in [0.15, 0.2) is 5.82 Å². The van der Waals surface area contributed by atoms with Crippen LogP contribution in [0.15, 0.2) is 30.5 Å². The zero-order valence-electron chi connectivity index (χ0n) is 17.5. The van der Waals surface area contributed by atoms with Crippen molar-refractivity contribution in [3.8, 4) is 6.07 Å². The van der Waals surface area contributed by atoms with Crippen molar-refractivity contribution < 1.29 is 9.59 Å². The van der Waals surface area contributed by atoms with Gasteiger partial charge in [-0.15, -0.1) is 11.8 Å². The maximum absolute atomic E-state index is 13.1. The van der Waals surface area contributed by atoms with Crippen molar-refractivity contribution in [3.05, 3.63) is 52.6 Å². The Kier molecular flexibility index (Phi) is 5.75. The predicted octanol–water partition coefficient (Wildman–Crippen LogP) is 3.49. The summed E-state index contributed by atoms with van der Waals surface area (Å²) in [6.07, 6.45) is 3.49. The smallest absolute Gasteiger partial charge is 0.287 e. The number of halogens is 1. The molecule has 1 fully saturated rings. The van der Waals surface area contributed by atoms with E-state index in [9.17, 15) is 14.9 Å². The van der Waals surface area contributed by atoms with E-state index >= 15 is 0 Å². The number of hydrogen-bond donors (Lipinski definition) is 1. The fourth-order valence-electron chi connectivity index (χ4n) is 3.80. The maximum atomic E-state index is 13.1. The Morgan fingerprint density at radius 1 is 1.32 bits per heavy atom. The van der Waals surface area contributed by atoms with Crippen molar-refractivity contribution in [3.63, 3.8) is 0 Å². The van der Waals surface area contributed by atoms with Crippen LogP contribution in [0, 0.1) is 11.3 Å². The lowest BCUT2D eigenvalue weighted by Gasteiger charge is -2.33. The molecule has 4 rings (SSSR count). The molecule has 0 saturated heterocycles. The Hall–Kier alpha value is -2.50. The van der Waals surface area contributed by atoms with Crippen LogP contribution in [0.5, 0.6) is 0 Å². The standard InChI is InChI=1S/C22H24ClN5O2S/c1-21(2,13-24)31-22(7-8-22)14-27-9-10-28-17(20(27)30)12-25-18(28)19(29)26-11-15-3-5-16(23)6-4-15/h3-6,12H,7-11,14H2,1-2H3,(H,26,29). The minimum absolute atomic E-state index is 0.0458. The summed E-state index contributed by atoms with van der Waals surface area (Å²) in [5.41, 5.74) is 1.36. The van der Waals surface area contributed by atoms with Crippen molar-refractivity contribution in [2.24, 2.45) is 0 Å². The second-order valence-corrected chi connectivity index (χ2v) is 11.1.